The maximum absolute atomic E-state index is 14.6. The summed E-state index contributed by atoms with van der Waals surface area (Å²) in [6.45, 7) is 20.3. The van der Waals surface area contributed by atoms with Crippen molar-refractivity contribution in [2.45, 2.75) is 131 Å². The quantitative estimate of drug-likeness (QED) is 0.138. The van der Waals surface area contributed by atoms with Crippen molar-refractivity contribution in [2.24, 2.45) is 10.9 Å². The summed E-state index contributed by atoms with van der Waals surface area (Å²) in [4.78, 5) is 21.5. The van der Waals surface area contributed by atoms with Crippen molar-refractivity contribution in [2.75, 3.05) is 4.90 Å². The molecule has 0 unspecified atom stereocenters. The third kappa shape index (κ3) is 8.08. The highest BCUT2D eigenvalue weighted by Gasteiger charge is 2.53. The summed E-state index contributed by atoms with van der Waals surface area (Å²) in [6, 6.07) is 6.99. The van der Waals surface area contributed by atoms with E-state index < -0.39 is 11.2 Å². The SMILES string of the molecule is C=C/C(F)=C(\C=C/C)N/C(C)=C(C)/C(=C\C(=C\CC)c1ccc2c(c1)N(C1CC(CCC)C1)C(=O)C2(CCC)CCC)N=CCC. The maximum Gasteiger partial charge on any atom is 0.237 e. The topological polar surface area (TPSA) is 44.7 Å². The fourth-order valence-corrected chi connectivity index (χ4v) is 7.15. The van der Waals surface area contributed by atoms with Crippen LogP contribution in [0.3, 0.4) is 0 Å². The molecule has 1 heterocycles. The molecule has 1 amide bonds. The van der Waals surface area contributed by atoms with E-state index in [1.807, 2.05) is 27.0 Å². The number of carbonyl (C=O) groups is 1. The smallest absolute Gasteiger partial charge is 0.237 e. The van der Waals surface area contributed by atoms with Gasteiger partial charge < -0.3 is 10.2 Å². The maximum atomic E-state index is 14.6. The lowest BCUT2D eigenvalue weighted by Crippen LogP contribution is -2.50. The highest BCUT2D eigenvalue weighted by atomic mass is 19.1. The van der Waals surface area contributed by atoms with E-state index in [0.717, 1.165) is 85.2 Å². The number of nitrogens with one attached hydrogen (secondary N) is 1. The van der Waals surface area contributed by atoms with Crippen molar-refractivity contribution in [1.29, 1.82) is 0 Å². The molecule has 0 spiro atoms. The molecule has 1 aliphatic heterocycles. The van der Waals surface area contributed by atoms with Gasteiger partial charge in [-0.2, -0.15) is 0 Å². The molecule has 3 rings (SSSR count). The molecule has 46 heavy (non-hydrogen) atoms. The number of anilines is 1. The molecule has 5 heteroatoms. The third-order valence-electron chi connectivity index (χ3n) is 9.53. The lowest BCUT2D eigenvalue weighted by molar-refractivity contribution is -0.124. The van der Waals surface area contributed by atoms with Crippen LogP contribution in [0, 0.1) is 5.92 Å². The molecule has 1 aromatic rings. The zero-order chi connectivity index (χ0) is 33.9. The fourth-order valence-electron chi connectivity index (χ4n) is 7.15. The fraction of sp³-hybridized carbons (Fsp3) is 0.512. The first kappa shape index (κ1) is 37.0. The van der Waals surface area contributed by atoms with Gasteiger partial charge in [0.15, 0.2) is 0 Å². The molecule has 0 atom stereocenters. The molecular formula is C41H58FN3O. The van der Waals surface area contributed by atoms with Gasteiger partial charge in [-0.1, -0.05) is 91.2 Å². The number of fused-ring (bicyclic) bond motifs is 1. The van der Waals surface area contributed by atoms with E-state index in [0.29, 0.717) is 17.5 Å². The predicted molar refractivity (Wildman–Crippen MR) is 197 cm³/mol. The molecule has 250 valence electrons. The standard InChI is InChI=1S/C41H58FN3O/c1-10-17-31-25-34(26-31)45-39-28-33(20-21-35(39)41(22-13-4,23-14-5)40(45)46)32(18-11-2)27-38(43-24-15-6)29(8)30(9)44-37(19-12-3)36(42)16-7/h12,16,18-21,24,27-28,31,34,44H,7,10-11,13-15,17,22-23,25-26H2,1-6,8-9H3/b19-12-,30-29+,32-18-,37-36-,38-27+,43-24?. The second-order valence-corrected chi connectivity index (χ2v) is 12.9. The molecule has 0 radical (unpaired) electrons. The van der Waals surface area contributed by atoms with Gasteiger partial charge in [-0.05, 0) is 112 Å². The summed E-state index contributed by atoms with van der Waals surface area (Å²) < 4.78 is 14.6. The second-order valence-electron chi connectivity index (χ2n) is 12.9. The largest absolute Gasteiger partial charge is 0.356 e. The molecule has 1 N–H and O–H groups in total. The first-order valence-corrected chi connectivity index (χ1v) is 17.7. The van der Waals surface area contributed by atoms with Crippen LogP contribution in [0.1, 0.15) is 131 Å². The van der Waals surface area contributed by atoms with Gasteiger partial charge in [-0.15, -0.1) is 0 Å². The minimum absolute atomic E-state index is 0.279. The highest BCUT2D eigenvalue weighted by Crippen LogP contribution is 2.52. The Morgan fingerprint density at radius 2 is 1.78 bits per heavy atom. The zero-order valence-electron chi connectivity index (χ0n) is 29.8. The number of carbonyl (C=O) groups excluding carboxylic acids is 1. The van der Waals surface area contributed by atoms with Crippen molar-refractivity contribution >= 4 is 23.4 Å². The molecule has 0 aromatic heterocycles. The monoisotopic (exact) mass is 627 g/mol. The number of aliphatic imine (C=N–C) groups is 1. The van der Waals surface area contributed by atoms with E-state index >= 15 is 0 Å². The second kappa shape index (κ2) is 17.4. The van der Waals surface area contributed by atoms with Crippen LogP contribution < -0.4 is 10.2 Å². The lowest BCUT2D eigenvalue weighted by atomic mass is 9.73. The number of hydrogen-bond acceptors (Lipinski definition) is 3. The summed E-state index contributed by atoms with van der Waals surface area (Å²) in [5.74, 6) is 0.616. The van der Waals surface area contributed by atoms with Crippen LogP contribution in [0.15, 0.2) is 88.6 Å². The summed E-state index contributed by atoms with van der Waals surface area (Å²) in [5, 5.41) is 3.23. The van der Waals surface area contributed by atoms with Crippen molar-refractivity contribution in [3.8, 4) is 0 Å². The number of halogens is 1. The van der Waals surface area contributed by atoms with E-state index in [4.69, 9.17) is 4.99 Å². The van der Waals surface area contributed by atoms with Gasteiger partial charge in [0.05, 0.1) is 16.8 Å². The van der Waals surface area contributed by atoms with E-state index in [1.165, 1.54) is 24.5 Å². The van der Waals surface area contributed by atoms with E-state index in [-0.39, 0.29) is 6.04 Å². The molecule has 4 nitrogen and oxygen atoms in total. The van der Waals surface area contributed by atoms with Crippen LogP contribution in [0.25, 0.3) is 5.57 Å². The Hall–Kier alpha value is -3.47. The number of benzene rings is 1. The summed E-state index contributed by atoms with van der Waals surface area (Å²) in [6.07, 6.45) is 21.0. The number of nitrogens with zero attached hydrogens (tertiary/aromatic N) is 2. The Morgan fingerprint density at radius 3 is 2.35 bits per heavy atom. The van der Waals surface area contributed by atoms with Crippen LogP contribution in [0.4, 0.5) is 10.1 Å². The van der Waals surface area contributed by atoms with Crippen molar-refractivity contribution in [1.82, 2.24) is 5.32 Å². The van der Waals surface area contributed by atoms with Crippen LogP contribution in [0.5, 0.6) is 0 Å². The third-order valence-corrected chi connectivity index (χ3v) is 9.53. The Balaban J connectivity index is 2.16. The molecule has 2 aliphatic rings. The van der Waals surface area contributed by atoms with Gasteiger partial charge >= 0.3 is 0 Å². The van der Waals surface area contributed by atoms with Crippen molar-refractivity contribution in [3.63, 3.8) is 0 Å². The normalized spacial score (nSPS) is 21.0. The lowest BCUT2D eigenvalue weighted by Gasteiger charge is -2.42. The van der Waals surface area contributed by atoms with Crippen molar-refractivity contribution < 1.29 is 9.18 Å². The Kier molecular flexibility index (Phi) is 14.0. The van der Waals surface area contributed by atoms with Gasteiger partial charge in [0, 0.05) is 23.6 Å². The van der Waals surface area contributed by atoms with E-state index in [2.05, 4.69) is 81.8 Å². The van der Waals surface area contributed by atoms with Gasteiger partial charge in [0.25, 0.3) is 0 Å². The van der Waals surface area contributed by atoms with E-state index in [9.17, 15) is 9.18 Å². The summed E-state index contributed by atoms with van der Waals surface area (Å²) in [5.41, 5.74) is 6.92. The van der Waals surface area contributed by atoms with Gasteiger partial charge in [-0.25, -0.2) is 4.39 Å². The average molecular weight is 628 g/mol. The van der Waals surface area contributed by atoms with Crippen LogP contribution in [-0.2, 0) is 10.2 Å². The summed E-state index contributed by atoms with van der Waals surface area (Å²) in [7, 11) is 0. The zero-order valence-corrected chi connectivity index (χ0v) is 29.8. The molecule has 0 saturated heterocycles. The number of hydrogen-bond donors (Lipinski definition) is 1. The van der Waals surface area contributed by atoms with Gasteiger partial charge in [0.1, 0.15) is 5.83 Å². The first-order valence-electron chi connectivity index (χ1n) is 17.7. The summed E-state index contributed by atoms with van der Waals surface area (Å²) >= 11 is 0. The van der Waals surface area contributed by atoms with Crippen LogP contribution in [-0.4, -0.2) is 18.2 Å². The molecule has 1 saturated carbocycles. The van der Waals surface area contributed by atoms with Crippen molar-refractivity contribution in [3.05, 3.63) is 94.8 Å². The highest BCUT2D eigenvalue weighted by molar-refractivity contribution is 6.09. The van der Waals surface area contributed by atoms with E-state index in [1.54, 1.807) is 12.2 Å². The van der Waals surface area contributed by atoms with Crippen LogP contribution in [0.2, 0.25) is 0 Å². The minimum Gasteiger partial charge on any atom is -0.356 e. The molecule has 0 bridgehead atoms. The van der Waals surface area contributed by atoms with Gasteiger partial charge in [0.2, 0.25) is 5.91 Å². The molecule has 1 aromatic carbocycles. The number of rotatable bonds is 17. The average Bonchev–Trinajstić information content (AvgIpc) is 3.25. The molecule has 1 fully saturated rings. The van der Waals surface area contributed by atoms with Gasteiger partial charge in [-0.3, -0.25) is 9.79 Å². The van der Waals surface area contributed by atoms with Crippen LogP contribution >= 0.6 is 0 Å². The number of allylic oxidation sites excluding steroid dienone is 9. The first-order chi connectivity index (χ1) is 22.2. The molecular weight excluding hydrogens is 569 g/mol. The number of amides is 1. The molecule has 1 aliphatic carbocycles. The Bertz CT molecular complexity index is 1410. The Labute approximate surface area is 279 Å². The predicted octanol–water partition coefficient (Wildman–Crippen LogP) is 11.4. The minimum atomic E-state index is -0.435. The Morgan fingerprint density at radius 1 is 1.09 bits per heavy atom.